The molecule has 1 rings (SSSR count). The number of hydrogen-bond donors (Lipinski definition) is 1. The van der Waals surface area contributed by atoms with Crippen molar-refractivity contribution in [2.24, 2.45) is 0 Å². The molecule has 0 saturated carbocycles. The molecule has 0 unspecified atom stereocenters. The highest BCUT2D eigenvalue weighted by molar-refractivity contribution is 6.32. The number of nitrogen functional groups attached to an aromatic ring is 1. The normalized spacial score (nSPS) is 9.15. The van der Waals surface area contributed by atoms with Gasteiger partial charge in [-0.05, 0) is 12.1 Å². The zero-order valence-corrected chi connectivity index (χ0v) is 8.08. The third-order valence-electron chi connectivity index (χ3n) is 1.38. The standard InChI is InChI=1S/C9H6Cl2FN/c10-3-1-2-6-4-8(12)9(13)5-7(6)11/h4-5H,3,13H2. The summed E-state index contributed by atoms with van der Waals surface area (Å²) in [4.78, 5) is 0. The molecule has 0 aromatic heterocycles. The number of anilines is 1. The van der Waals surface area contributed by atoms with Gasteiger partial charge < -0.3 is 5.73 Å². The molecule has 1 nitrogen and oxygen atoms in total. The van der Waals surface area contributed by atoms with E-state index in [-0.39, 0.29) is 11.6 Å². The first-order valence-electron chi connectivity index (χ1n) is 3.44. The van der Waals surface area contributed by atoms with Crippen molar-refractivity contribution in [1.29, 1.82) is 0 Å². The molecule has 0 aliphatic carbocycles. The van der Waals surface area contributed by atoms with Crippen molar-refractivity contribution in [3.63, 3.8) is 0 Å². The topological polar surface area (TPSA) is 26.0 Å². The molecule has 0 aliphatic heterocycles. The van der Waals surface area contributed by atoms with Crippen molar-refractivity contribution in [1.82, 2.24) is 0 Å². The van der Waals surface area contributed by atoms with Crippen LogP contribution < -0.4 is 5.73 Å². The summed E-state index contributed by atoms with van der Waals surface area (Å²) < 4.78 is 12.9. The minimum Gasteiger partial charge on any atom is -0.396 e. The molecule has 2 N–H and O–H groups in total. The highest BCUT2D eigenvalue weighted by atomic mass is 35.5. The van der Waals surface area contributed by atoms with Crippen LogP contribution in [-0.4, -0.2) is 5.88 Å². The molecule has 0 saturated heterocycles. The number of rotatable bonds is 0. The second-order valence-corrected chi connectivity index (χ2v) is 2.96. The molecule has 1 aromatic rings. The van der Waals surface area contributed by atoms with Crippen LogP contribution in [0.5, 0.6) is 0 Å². The lowest BCUT2D eigenvalue weighted by atomic mass is 10.2. The fraction of sp³-hybridized carbons (Fsp3) is 0.111. The van der Waals surface area contributed by atoms with E-state index < -0.39 is 5.82 Å². The average molecular weight is 218 g/mol. The third-order valence-corrected chi connectivity index (χ3v) is 1.82. The van der Waals surface area contributed by atoms with E-state index in [2.05, 4.69) is 11.8 Å². The lowest BCUT2D eigenvalue weighted by molar-refractivity contribution is 0.632. The number of nitrogens with two attached hydrogens (primary N) is 1. The second-order valence-electron chi connectivity index (χ2n) is 2.29. The summed E-state index contributed by atoms with van der Waals surface area (Å²) >= 11 is 11.1. The van der Waals surface area contributed by atoms with Gasteiger partial charge in [0, 0.05) is 5.56 Å². The number of benzene rings is 1. The van der Waals surface area contributed by atoms with Crippen LogP contribution in [0.2, 0.25) is 5.02 Å². The van der Waals surface area contributed by atoms with E-state index in [0.29, 0.717) is 10.6 Å². The zero-order chi connectivity index (χ0) is 9.84. The Kier molecular flexibility index (Phi) is 3.41. The summed E-state index contributed by atoms with van der Waals surface area (Å²) in [6, 6.07) is 2.52. The van der Waals surface area contributed by atoms with Crippen molar-refractivity contribution in [2.75, 3.05) is 11.6 Å². The molecule has 0 bridgehead atoms. The fourth-order valence-corrected chi connectivity index (χ4v) is 1.07. The Balaban J connectivity index is 3.16. The van der Waals surface area contributed by atoms with Crippen LogP contribution in [0.25, 0.3) is 0 Å². The third kappa shape index (κ3) is 2.51. The molecule has 68 valence electrons. The van der Waals surface area contributed by atoms with Gasteiger partial charge in [-0.2, -0.15) is 0 Å². The van der Waals surface area contributed by atoms with E-state index in [9.17, 15) is 4.39 Å². The average Bonchev–Trinajstić information content (AvgIpc) is 2.09. The van der Waals surface area contributed by atoms with Crippen molar-refractivity contribution >= 4 is 28.9 Å². The minimum absolute atomic E-state index is 0.0152. The fourth-order valence-electron chi connectivity index (χ4n) is 0.787. The summed E-state index contributed by atoms with van der Waals surface area (Å²) in [6.07, 6.45) is 0. The molecule has 0 spiro atoms. The number of halogens is 3. The van der Waals surface area contributed by atoms with Crippen LogP contribution in [0.15, 0.2) is 12.1 Å². The lowest BCUT2D eigenvalue weighted by Crippen LogP contribution is -1.91. The Morgan fingerprint density at radius 2 is 2.15 bits per heavy atom. The van der Waals surface area contributed by atoms with Gasteiger partial charge in [-0.3, -0.25) is 0 Å². The van der Waals surface area contributed by atoms with Gasteiger partial charge in [0.05, 0.1) is 16.6 Å². The Morgan fingerprint density at radius 3 is 2.77 bits per heavy atom. The number of alkyl halides is 1. The zero-order valence-electron chi connectivity index (χ0n) is 6.57. The maximum Gasteiger partial charge on any atom is 0.147 e. The van der Waals surface area contributed by atoms with Gasteiger partial charge in [0.1, 0.15) is 5.82 Å². The van der Waals surface area contributed by atoms with Crippen LogP contribution in [0.1, 0.15) is 5.56 Å². The van der Waals surface area contributed by atoms with Crippen LogP contribution in [0.4, 0.5) is 10.1 Å². The van der Waals surface area contributed by atoms with E-state index in [0.717, 1.165) is 0 Å². The highest BCUT2D eigenvalue weighted by Crippen LogP contribution is 2.21. The summed E-state index contributed by atoms with van der Waals surface area (Å²) in [6.45, 7) is 0. The van der Waals surface area contributed by atoms with Crippen LogP contribution in [0.3, 0.4) is 0 Å². The SMILES string of the molecule is Nc1cc(Cl)c(C#CCCl)cc1F. The molecular formula is C9H6Cl2FN. The molecule has 13 heavy (non-hydrogen) atoms. The van der Waals surface area contributed by atoms with E-state index in [1.807, 2.05) is 0 Å². The maximum absolute atomic E-state index is 12.9. The van der Waals surface area contributed by atoms with E-state index in [1.54, 1.807) is 0 Å². The van der Waals surface area contributed by atoms with Gasteiger partial charge in [-0.15, -0.1) is 11.6 Å². The molecule has 1 aromatic carbocycles. The largest absolute Gasteiger partial charge is 0.396 e. The van der Waals surface area contributed by atoms with Gasteiger partial charge in [-0.1, -0.05) is 23.4 Å². The quantitative estimate of drug-likeness (QED) is 0.404. The lowest BCUT2D eigenvalue weighted by Gasteiger charge is -1.99. The van der Waals surface area contributed by atoms with E-state index in [1.165, 1.54) is 12.1 Å². The minimum atomic E-state index is -0.525. The first-order chi connectivity index (χ1) is 6.15. The van der Waals surface area contributed by atoms with Crippen molar-refractivity contribution in [3.8, 4) is 11.8 Å². The Hall–Kier alpha value is -0.910. The van der Waals surface area contributed by atoms with Gasteiger partial charge in [-0.25, -0.2) is 4.39 Å². The Morgan fingerprint density at radius 1 is 1.46 bits per heavy atom. The van der Waals surface area contributed by atoms with Gasteiger partial charge in [0.15, 0.2) is 0 Å². The summed E-state index contributed by atoms with van der Waals surface area (Å²) in [5.74, 6) is 4.85. The van der Waals surface area contributed by atoms with Gasteiger partial charge in [0.25, 0.3) is 0 Å². The molecule has 0 fully saturated rings. The summed E-state index contributed by atoms with van der Waals surface area (Å²) in [5, 5.41) is 0.330. The van der Waals surface area contributed by atoms with Crippen molar-refractivity contribution < 1.29 is 4.39 Å². The van der Waals surface area contributed by atoms with Crippen LogP contribution in [-0.2, 0) is 0 Å². The first-order valence-corrected chi connectivity index (χ1v) is 4.35. The monoisotopic (exact) mass is 217 g/mol. The summed E-state index contributed by atoms with van der Waals surface area (Å²) in [5.41, 5.74) is 5.70. The van der Waals surface area contributed by atoms with Gasteiger partial charge >= 0.3 is 0 Å². The smallest absolute Gasteiger partial charge is 0.147 e. The number of hydrogen-bond acceptors (Lipinski definition) is 1. The van der Waals surface area contributed by atoms with E-state index in [4.69, 9.17) is 28.9 Å². The molecule has 0 heterocycles. The predicted molar refractivity (Wildman–Crippen MR) is 53.4 cm³/mol. The van der Waals surface area contributed by atoms with Crippen LogP contribution in [0, 0.1) is 17.7 Å². The van der Waals surface area contributed by atoms with Crippen molar-refractivity contribution in [2.45, 2.75) is 0 Å². The summed E-state index contributed by atoms with van der Waals surface area (Å²) in [7, 11) is 0. The van der Waals surface area contributed by atoms with Crippen molar-refractivity contribution in [3.05, 3.63) is 28.5 Å². The highest BCUT2D eigenvalue weighted by Gasteiger charge is 2.03. The second kappa shape index (κ2) is 4.36. The first kappa shape index (κ1) is 10.2. The molecular weight excluding hydrogens is 212 g/mol. The van der Waals surface area contributed by atoms with Gasteiger partial charge in [0.2, 0.25) is 0 Å². The maximum atomic E-state index is 12.9. The molecule has 0 atom stereocenters. The van der Waals surface area contributed by atoms with Crippen LogP contribution >= 0.6 is 23.2 Å². The van der Waals surface area contributed by atoms with E-state index >= 15 is 0 Å². The molecule has 4 heteroatoms. The Bertz CT molecular complexity index is 379. The predicted octanol–water partition coefficient (Wildman–Crippen LogP) is 2.65. The molecule has 0 radical (unpaired) electrons. The molecule has 0 aliphatic rings. The molecule has 0 amide bonds. The Labute approximate surface area is 85.6 Å².